The molecule has 2 saturated carbocycles. The van der Waals surface area contributed by atoms with E-state index in [1.807, 2.05) is 0 Å². The van der Waals surface area contributed by atoms with Gasteiger partial charge in [-0.05, 0) is 17.3 Å². The fourth-order valence-corrected chi connectivity index (χ4v) is 3.99. The predicted molar refractivity (Wildman–Crippen MR) is 42.1 cm³/mol. The van der Waals surface area contributed by atoms with Gasteiger partial charge in [-0.15, -0.1) is 0 Å². The Morgan fingerprint density at radius 3 is 2.55 bits per heavy atom. The zero-order valence-electron chi connectivity index (χ0n) is 7.15. The van der Waals surface area contributed by atoms with E-state index in [2.05, 4.69) is 19.2 Å². The SMILES string of the molecule is CC1(C)C23CN[C@H](CO)C12C3. The molecule has 62 valence electrons. The summed E-state index contributed by atoms with van der Waals surface area (Å²) >= 11 is 0. The molecule has 2 heteroatoms. The molecule has 2 nitrogen and oxygen atoms in total. The first-order valence-electron chi connectivity index (χ1n) is 4.47. The highest BCUT2D eigenvalue weighted by molar-refractivity contribution is 5.48. The Hall–Kier alpha value is -0.0800. The van der Waals surface area contributed by atoms with Crippen molar-refractivity contribution >= 4 is 0 Å². The molecule has 2 N–H and O–H groups in total. The molecule has 2 aliphatic carbocycles. The molecule has 3 rings (SSSR count). The predicted octanol–water partition coefficient (Wildman–Crippen LogP) is 0.367. The average Bonchev–Trinajstić information content (AvgIpc) is 2.70. The molecule has 0 bridgehead atoms. The Morgan fingerprint density at radius 1 is 1.55 bits per heavy atom. The molecule has 1 saturated heterocycles. The summed E-state index contributed by atoms with van der Waals surface area (Å²) in [7, 11) is 0. The largest absolute Gasteiger partial charge is 0.395 e. The molecule has 3 fully saturated rings. The van der Waals surface area contributed by atoms with E-state index in [1.54, 1.807) is 0 Å². The van der Waals surface area contributed by atoms with Gasteiger partial charge in [0.15, 0.2) is 0 Å². The summed E-state index contributed by atoms with van der Waals surface area (Å²) in [6, 6.07) is 0.400. The third-order valence-electron chi connectivity index (χ3n) is 4.99. The van der Waals surface area contributed by atoms with Crippen LogP contribution in [0.15, 0.2) is 0 Å². The van der Waals surface area contributed by atoms with Crippen LogP contribution in [0.1, 0.15) is 20.3 Å². The smallest absolute Gasteiger partial charge is 0.0590 e. The van der Waals surface area contributed by atoms with Crippen molar-refractivity contribution < 1.29 is 5.11 Å². The van der Waals surface area contributed by atoms with E-state index in [1.165, 1.54) is 6.42 Å². The first-order valence-corrected chi connectivity index (χ1v) is 4.47. The average molecular weight is 153 g/mol. The summed E-state index contributed by atoms with van der Waals surface area (Å²) in [5, 5.41) is 12.5. The molecule has 2 unspecified atom stereocenters. The highest BCUT2D eigenvalue weighted by Gasteiger charge is 2.99. The zero-order chi connectivity index (χ0) is 7.91. The van der Waals surface area contributed by atoms with E-state index >= 15 is 0 Å². The van der Waals surface area contributed by atoms with Gasteiger partial charge in [0.25, 0.3) is 0 Å². The first kappa shape index (κ1) is 6.44. The molecule has 0 aromatic heterocycles. The van der Waals surface area contributed by atoms with E-state index in [-0.39, 0.29) is 0 Å². The number of hydrogen-bond donors (Lipinski definition) is 2. The van der Waals surface area contributed by atoms with E-state index in [4.69, 9.17) is 5.11 Å². The van der Waals surface area contributed by atoms with Gasteiger partial charge in [0.05, 0.1) is 6.61 Å². The standard InChI is InChI=1S/C9H15NO/c1-7(2)8-4-9(7,8)6(3-11)10-5-8/h6,10-11H,3-5H2,1-2H3/t6-,8?,9?/m1/s1. The zero-order valence-corrected chi connectivity index (χ0v) is 7.15. The lowest BCUT2D eigenvalue weighted by Crippen LogP contribution is -2.42. The van der Waals surface area contributed by atoms with Gasteiger partial charge in [0.1, 0.15) is 0 Å². The minimum atomic E-state index is 0.325. The molecular formula is C9H15NO. The summed E-state index contributed by atoms with van der Waals surface area (Å²) in [5.74, 6) is 0. The van der Waals surface area contributed by atoms with Crippen LogP contribution in [-0.2, 0) is 0 Å². The molecule has 1 heterocycles. The highest BCUT2D eigenvalue weighted by atomic mass is 16.3. The van der Waals surface area contributed by atoms with E-state index in [9.17, 15) is 0 Å². The Bertz CT molecular complexity index is 238. The first-order chi connectivity index (χ1) is 5.12. The van der Waals surface area contributed by atoms with Gasteiger partial charge in [-0.3, -0.25) is 0 Å². The fourth-order valence-electron chi connectivity index (χ4n) is 3.99. The molecule has 0 aromatic carbocycles. The topological polar surface area (TPSA) is 32.3 Å². The molecule has 0 spiro atoms. The maximum absolute atomic E-state index is 9.12. The Morgan fingerprint density at radius 2 is 2.27 bits per heavy atom. The lowest BCUT2D eigenvalue weighted by molar-refractivity contribution is 0.157. The second-order valence-corrected chi connectivity index (χ2v) is 4.97. The van der Waals surface area contributed by atoms with Crippen molar-refractivity contribution in [3.8, 4) is 0 Å². The second kappa shape index (κ2) is 1.27. The van der Waals surface area contributed by atoms with Crippen molar-refractivity contribution in [1.29, 1.82) is 0 Å². The van der Waals surface area contributed by atoms with Crippen LogP contribution >= 0.6 is 0 Å². The van der Waals surface area contributed by atoms with Crippen LogP contribution in [0.5, 0.6) is 0 Å². The maximum Gasteiger partial charge on any atom is 0.0590 e. The molecule has 3 atom stereocenters. The van der Waals surface area contributed by atoms with Crippen LogP contribution in [-0.4, -0.2) is 24.3 Å². The number of rotatable bonds is 1. The maximum atomic E-state index is 9.12. The van der Waals surface area contributed by atoms with Crippen LogP contribution in [0.2, 0.25) is 0 Å². The molecule has 0 aromatic rings. The number of aliphatic hydroxyl groups excluding tert-OH is 1. The minimum Gasteiger partial charge on any atom is -0.395 e. The van der Waals surface area contributed by atoms with Gasteiger partial charge in [0, 0.05) is 18.0 Å². The quantitative estimate of drug-likeness (QED) is 0.570. The number of nitrogens with one attached hydrogen (secondary N) is 1. The Kier molecular flexibility index (Phi) is 0.744. The van der Waals surface area contributed by atoms with E-state index in [0.29, 0.717) is 28.9 Å². The van der Waals surface area contributed by atoms with Crippen LogP contribution < -0.4 is 5.32 Å². The molecule has 0 radical (unpaired) electrons. The number of hydrogen-bond acceptors (Lipinski definition) is 2. The van der Waals surface area contributed by atoms with Crippen LogP contribution in [0, 0.1) is 16.2 Å². The lowest BCUT2D eigenvalue weighted by Gasteiger charge is -2.31. The van der Waals surface area contributed by atoms with Crippen molar-refractivity contribution in [2.45, 2.75) is 26.3 Å². The van der Waals surface area contributed by atoms with Gasteiger partial charge in [-0.25, -0.2) is 0 Å². The third-order valence-corrected chi connectivity index (χ3v) is 4.99. The van der Waals surface area contributed by atoms with E-state index < -0.39 is 0 Å². The molecular weight excluding hydrogens is 138 g/mol. The van der Waals surface area contributed by atoms with Gasteiger partial charge in [0.2, 0.25) is 0 Å². The van der Waals surface area contributed by atoms with Crippen LogP contribution in [0.3, 0.4) is 0 Å². The molecule has 11 heavy (non-hydrogen) atoms. The number of piperidine rings is 2. The summed E-state index contributed by atoms with van der Waals surface area (Å²) in [6.07, 6.45) is 1.37. The molecule has 3 aliphatic rings. The summed E-state index contributed by atoms with van der Waals surface area (Å²) < 4.78 is 0. The fraction of sp³-hybridized carbons (Fsp3) is 1.00. The van der Waals surface area contributed by atoms with Crippen molar-refractivity contribution in [3.63, 3.8) is 0 Å². The normalized spacial score (nSPS) is 61.9. The third kappa shape index (κ3) is 0.338. The van der Waals surface area contributed by atoms with Gasteiger partial charge in [-0.1, -0.05) is 13.8 Å². The Balaban J connectivity index is 1.98. The van der Waals surface area contributed by atoms with Gasteiger partial charge >= 0.3 is 0 Å². The molecule has 1 aliphatic heterocycles. The molecule has 0 amide bonds. The minimum absolute atomic E-state index is 0.325. The highest BCUT2D eigenvalue weighted by Crippen LogP contribution is 2.99. The lowest BCUT2D eigenvalue weighted by atomic mass is 9.82. The van der Waals surface area contributed by atoms with Gasteiger partial charge in [-0.2, -0.15) is 0 Å². The van der Waals surface area contributed by atoms with Crippen LogP contribution in [0.25, 0.3) is 0 Å². The monoisotopic (exact) mass is 153 g/mol. The number of aliphatic hydroxyl groups is 1. The van der Waals surface area contributed by atoms with Crippen molar-refractivity contribution in [1.82, 2.24) is 5.32 Å². The van der Waals surface area contributed by atoms with Crippen LogP contribution in [0.4, 0.5) is 0 Å². The van der Waals surface area contributed by atoms with E-state index in [0.717, 1.165) is 6.54 Å². The Labute approximate surface area is 67.0 Å². The summed E-state index contributed by atoms with van der Waals surface area (Å²) in [5.41, 5.74) is 1.64. The van der Waals surface area contributed by atoms with Gasteiger partial charge < -0.3 is 10.4 Å². The van der Waals surface area contributed by atoms with Crippen molar-refractivity contribution in [2.75, 3.05) is 13.2 Å². The second-order valence-electron chi connectivity index (χ2n) is 4.97. The van der Waals surface area contributed by atoms with Crippen molar-refractivity contribution in [2.24, 2.45) is 16.2 Å². The van der Waals surface area contributed by atoms with Crippen molar-refractivity contribution in [3.05, 3.63) is 0 Å². The summed E-state index contributed by atoms with van der Waals surface area (Å²) in [6.45, 7) is 6.16. The summed E-state index contributed by atoms with van der Waals surface area (Å²) in [4.78, 5) is 0.